The number of halogens is 1. The van der Waals surface area contributed by atoms with E-state index in [9.17, 15) is 4.79 Å². The fourth-order valence-corrected chi connectivity index (χ4v) is 2.58. The molecule has 0 atom stereocenters. The van der Waals surface area contributed by atoms with Crippen molar-refractivity contribution >= 4 is 27.4 Å². The topological polar surface area (TPSA) is 52.3 Å². The predicted molar refractivity (Wildman–Crippen MR) is 89.1 cm³/mol. The Morgan fingerprint density at radius 2 is 1.86 bits per heavy atom. The van der Waals surface area contributed by atoms with Crippen LogP contribution in [-0.4, -0.2) is 12.4 Å². The number of carbonyl (C=O) groups excluding carboxylic acids is 1. The molecular formula is C17H18BrNO2. The molecule has 0 saturated heterocycles. The van der Waals surface area contributed by atoms with Gasteiger partial charge in [0.15, 0.2) is 5.78 Å². The number of rotatable bonds is 4. The van der Waals surface area contributed by atoms with Crippen LogP contribution in [0.25, 0.3) is 0 Å². The molecule has 2 aromatic carbocycles. The molecule has 0 aliphatic rings. The summed E-state index contributed by atoms with van der Waals surface area (Å²) in [4.78, 5) is 12.8. The van der Waals surface area contributed by atoms with Gasteiger partial charge in [-0.25, -0.2) is 0 Å². The maximum absolute atomic E-state index is 12.8. The van der Waals surface area contributed by atoms with E-state index in [1.54, 1.807) is 18.2 Å². The van der Waals surface area contributed by atoms with Gasteiger partial charge in [0.25, 0.3) is 0 Å². The summed E-state index contributed by atoms with van der Waals surface area (Å²) in [5.74, 6) is 0.508. The number of aryl methyl sites for hydroxylation is 2. The lowest BCUT2D eigenvalue weighted by atomic mass is 9.96. The van der Waals surface area contributed by atoms with Crippen molar-refractivity contribution in [3.05, 3.63) is 57.1 Å². The van der Waals surface area contributed by atoms with Crippen molar-refractivity contribution in [2.45, 2.75) is 20.8 Å². The first-order valence-corrected chi connectivity index (χ1v) is 7.57. The van der Waals surface area contributed by atoms with Gasteiger partial charge in [-0.1, -0.05) is 22.0 Å². The fraction of sp³-hybridized carbons (Fsp3) is 0.235. The van der Waals surface area contributed by atoms with E-state index in [4.69, 9.17) is 10.5 Å². The summed E-state index contributed by atoms with van der Waals surface area (Å²) >= 11 is 3.40. The first kappa shape index (κ1) is 15.6. The zero-order valence-corrected chi connectivity index (χ0v) is 14.0. The predicted octanol–water partition coefficient (Wildman–Crippen LogP) is 4.28. The Hall–Kier alpha value is -1.81. The standard InChI is InChI=1S/C17H18BrNO2/c1-4-21-16-6-5-12(18)8-14(16)17(20)13-9-15(19)11(3)7-10(13)2/h5-9H,4,19H2,1-3H3. The van der Waals surface area contributed by atoms with Crippen molar-refractivity contribution in [2.24, 2.45) is 0 Å². The first-order valence-electron chi connectivity index (χ1n) is 6.77. The third-order valence-corrected chi connectivity index (χ3v) is 3.84. The molecule has 2 aromatic rings. The van der Waals surface area contributed by atoms with Gasteiger partial charge in [-0.05, 0) is 56.2 Å². The molecule has 0 heterocycles. The minimum atomic E-state index is -0.0797. The molecule has 0 aliphatic heterocycles. The molecule has 0 spiro atoms. The maximum atomic E-state index is 12.8. The third-order valence-electron chi connectivity index (χ3n) is 3.34. The molecule has 0 radical (unpaired) electrons. The first-order chi connectivity index (χ1) is 9.93. The van der Waals surface area contributed by atoms with Crippen LogP contribution in [0.2, 0.25) is 0 Å². The number of nitrogen functional groups attached to an aromatic ring is 1. The second-order valence-electron chi connectivity index (χ2n) is 4.93. The summed E-state index contributed by atoms with van der Waals surface area (Å²) < 4.78 is 6.40. The van der Waals surface area contributed by atoms with Crippen LogP contribution in [-0.2, 0) is 0 Å². The highest BCUT2D eigenvalue weighted by molar-refractivity contribution is 9.10. The molecule has 0 amide bonds. The quantitative estimate of drug-likeness (QED) is 0.663. The minimum Gasteiger partial charge on any atom is -0.493 e. The van der Waals surface area contributed by atoms with Crippen LogP contribution >= 0.6 is 15.9 Å². The Morgan fingerprint density at radius 3 is 2.52 bits per heavy atom. The van der Waals surface area contributed by atoms with E-state index in [1.165, 1.54) is 0 Å². The minimum absolute atomic E-state index is 0.0797. The monoisotopic (exact) mass is 347 g/mol. The van der Waals surface area contributed by atoms with E-state index >= 15 is 0 Å². The number of carbonyl (C=O) groups is 1. The van der Waals surface area contributed by atoms with E-state index in [2.05, 4.69) is 15.9 Å². The van der Waals surface area contributed by atoms with E-state index in [0.29, 0.717) is 29.2 Å². The molecule has 110 valence electrons. The molecule has 0 unspecified atom stereocenters. The van der Waals surface area contributed by atoms with Crippen molar-refractivity contribution in [2.75, 3.05) is 12.3 Å². The fourth-order valence-electron chi connectivity index (χ4n) is 2.22. The zero-order valence-electron chi connectivity index (χ0n) is 12.4. The second kappa shape index (κ2) is 6.31. The van der Waals surface area contributed by atoms with Crippen LogP contribution < -0.4 is 10.5 Å². The SMILES string of the molecule is CCOc1ccc(Br)cc1C(=O)c1cc(N)c(C)cc1C. The molecule has 0 bridgehead atoms. The Labute approximate surface area is 133 Å². The van der Waals surface area contributed by atoms with E-state index in [1.807, 2.05) is 32.9 Å². The van der Waals surface area contributed by atoms with Gasteiger partial charge < -0.3 is 10.5 Å². The van der Waals surface area contributed by atoms with Crippen LogP contribution in [0.4, 0.5) is 5.69 Å². The lowest BCUT2D eigenvalue weighted by Crippen LogP contribution is -2.08. The molecule has 0 fully saturated rings. The zero-order chi connectivity index (χ0) is 15.6. The number of hydrogen-bond acceptors (Lipinski definition) is 3. The number of ether oxygens (including phenoxy) is 1. The van der Waals surface area contributed by atoms with Gasteiger partial charge in [0, 0.05) is 15.7 Å². The third kappa shape index (κ3) is 3.27. The normalized spacial score (nSPS) is 10.5. The molecule has 4 heteroatoms. The van der Waals surface area contributed by atoms with Crippen LogP contribution in [0.1, 0.15) is 34.0 Å². The lowest BCUT2D eigenvalue weighted by Gasteiger charge is -2.13. The molecule has 0 saturated carbocycles. The summed E-state index contributed by atoms with van der Waals surface area (Å²) in [6.45, 7) is 6.25. The summed E-state index contributed by atoms with van der Waals surface area (Å²) in [6.07, 6.45) is 0. The number of hydrogen-bond donors (Lipinski definition) is 1. The number of benzene rings is 2. The van der Waals surface area contributed by atoms with E-state index < -0.39 is 0 Å². The Bertz CT molecular complexity index is 695. The van der Waals surface area contributed by atoms with Gasteiger partial charge in [-0.2, -0.15) is 0 Å². The van der Waals surface area contributed by atoms with E-state index in [-0.39, 0.29) is 5.78 Å². The molecule has 21 heavy (non-hydrogen) atoms. The van der Waals surface area contributed by atoms with Gasteiger partial charge in [-0.3, -0.25) is 4.79 Å². The molecule has 2 N–H and O–H groups in total. The van der Waals surface area contributed by atoms with Crippen LogP contribution in [0.3, 0.4) is 0 Å². The smallest absolute Gasteiger partial charge is 0.197 e. The van der Waals surface area contributed by atoms with Crippen molar-refractivity contribution in [1.82, 2.24) is 0 Å². The van der Waals surface area contributed by atoms with Gasteiger partial charge in [-0.15, -0.1) is 0 Å². The van der Waals surface area contributed by atoms with Crippen LogP contribution in [0.15, 0.2) is 34.8 Å². The largest absolute Gasteiger partial charge is 0.493 e. The van der Waals surface area contributed by atoms with Crippen LogP contribution in [0, 0.1) is 13.8 Å². The summed E-state index contributed by atoms with van der Waals surface area (Å²) in [7, 11) is 0. The number of anilines is 1. The van der Waals surface area contributed by atoms with Crippen molar-refractivity contribution in [3.8, 4) is 5.75 Å². The van der Waals surface area contributed by atoms with Gasteiger partial charge in [0.05, 0.1) is 12.2 Å². The highest BCUT2D eigenvalue weighted by Crippen LogP contribution is 2.28. The molecule has 0 aliphatic carbocycles. The Kier molecular flexibility index (Phi) is 4.68. The average Bonchev–Trinajstić information content (AvgIpc) is 2.44. The maximum Gasteiger partial charge on any atom is 0.197 e. The lowest BCUT2D eigenvalue weighted by molar-refractivity contribution is 0.103. The number of nitrogens with two attached hydrogens (primary N) is 1. The van der Waals surface area contributed by atoms with Crippen molar-refractivity contribution in [1.29, 1.82) is 0 Å². The molecule has 0 aromatic heterocycles. The van der Waals surface area contributed by atoms with E-state index in [0.717, 1.165) is 15.6 Å². The van der Waals surface area contributed by atoms with Gasteiger partial charge >= 0.3 is 0 Å². The summed E-state index contributed by atoms with van der Waals surface area (Å²) in [6, 6.07) is 9.11. The second-order valence-corrected chi connectivity index (χ2v) is 5.84. The van der Waals surface area contributed by atoms with Crippen molar-refractivity contribution in [3.63, 3.8) is 0 Å². The Morgan fingerprint density at radius 1 is 1.14 bits per heavy atom. The summed E-state index contributed by atoms with van der Waals surface area (Å²) in [5.41, 5.74) is 9.60. The Balaban J connectivity index is 2.54. The average molecular weight is 348 g/mol. The van der Waals surface area contributed by atoms with Crippen LogP contribution in [0.5, 0.6) is 5.75 Å². The van der Waals surface area contributed by atoms with Gasteiger partial charge in [0.2, 0.25) is 0 Å². The molecule has 2 rings (SSSR count). The highest BCUT2D eigenvalue weighted by Gasteiger charge is 2.18. The van der Waals surface area contributed by atoms with Crippen molar-refractivity contribution < 1.29 is 9.53 Å². The highest BCUT2D eigenvalue weighted by atomic mass is 79.9. The molecular weight excluding hydrogens is 330 g/mol. The number of ketones is 1. The van der Waals surface area contributed by atoms with Gasteiger partial charge in [0.1, 0.15) is 5.75 Å². The molecule has 3 nitrogen and oxygen atoms in total. The summed E-state index contributed by atoms with van der Waals surface area (Å²) in [5, 5.41) is 0.